The van der Waals surface area contributed by atoms with Gasteiger partial charge in [0.1, 0.15) is 16.9 Å². The number of pyridine rings is 2. The molecule has 2 saturated heterocycles. The molecule has 0 radical (unpaired) electrons. The van der Waals surface area contributed by atoms with Crippen molar-refractivity contribution in [1.29, 1.82) is 0 Å². The molecule has 258 valence electrons. The summed E-state index contributed by atoms with van der Waals surface area (Å²) in [6, 6.07) is 7.56. The van der Waals surface area contributed by atoms with E-state index in [2.05, 4.69) is 52.0 Å². The van der Waals surface area contributed by atoms with Crippen LogP contribution in [0.25, 0.3) is 0 Å². The van der Waals surface area contributed by atoms with Gasteiger partial charge in [0.15, 0.2) is 6.29 Å². The number of aryl methyl sites for hydroxylation is 2. The number of ether oxygens (including phenoxy) is 2. The number of halogens is 2. The van der Waals surface area contributed by atoms with Gasteiger partial charge in [0.25, 0.3) is 0 Å². The molecule has 0 aliphatic carbocycles. The van der Waals surface area contributed by atoms with Gasteiger partial charge in [-0.05, 0) is 112 Å². The summed E-state index contributed by atoms with van der Waals surface area (Å²) in [5, 5.41) is 3.18. The van der Waals surface area contributed by atoms with E-state index < -0.39 is 5.60 Å². The maximum Gasteiger partial charge on any atom is 0.410 e. The van der Waals surface area contributed by atoms with Crippen LogP contribution in [0.2, 0.25) is 0 Å². The van der Waals surface area contributed by atoms with Gasteiger partial charge in [0.05, 0.1) is 17.1 Å². The molecule has 4 heterocycles. The van der Waals surface area contributed by atoms with Crippen LogP contribution in [-0.4, -0.2) is 107 Å². The smallest absolute Gasteiger partial charge is 0.410 e. The molecule has 46 heavy (non-hydrogen) atoms. The van der Waals surface area contributed by atoms with Gasteiger partial charge in [0.2, 0.25) is 0 Å². The Kier molecular flexibility index (Phi) is 17.3. The summed E-state index contributed by atoms with van der Waals surface area (Å²) >= 11 is 6.75. The topological polar surface area (TPSA) is 117 Å². The molecule has 13 heteroatoms. The third-order valence-electron chi connectivity index (χ3n) is 6.42. The summed E-state index contributed by atoms with van der Waals surface area (Å²) in [6.07, 6.45) is 0.318. The van der Waals surface area contributed by atoms with Gasteiger partial charge in [-0.3, -0.25) is 14.7 Å². The first-order chi connectivity index (χ1) is 21.0. The van der Waals surface area contributed by atoms with Gasteiger partial charge in [-0.1, -0.05) is 7.43 Å². The molecule has 2 aromatic rings. The lowest BCUT2D eigenvalue weighted by Gasteiger charge is -2.35. The van der Waals surface area contributed by atoms with Crippen LogP contribution >= 0.6 is 31.9 Å². The van der Waals surface area contributed by atoms with E-state index >= 15 is 0 Å². The van der Waals surface area contributed by atoms with E-state index in [0.29, 0.717) is 18.8 Å². The third kappa shape index (κ3) is 15.8. The molecule has 0 unspecified atom stereocenters. The van der Waals surface area contributed by atoms with E-state index in [1.54, 1.807) is 15.9 Å². The minimum absolute atomic E-state index is 0. The van der Waals surface area contributed by atoms with E-state index in [1.165, 1.54) is 0 Å². The van der Waals surface area contributed by atoms with Gasteiger partial charge in [-0.25, -0.2) is 14.6 Å². The molecule has 2 aliphatic heterocycles. The average Bonchev–Trinajstić information content (AvgIpc) is 2.96. The number of aromatic nitrogens is 2. The number of carbonyl (C=O) groups is 3. The Bertz CT molecular complexity index is 1270. The lowest BCUT2D eigenvalue weighted by atomic mass is 10.2. The molecule has 11 nitrogen and oxygen atoms in total. The van der Waals surface area contributed by atoms with Gasteiger partial charge in [-0.2, -0.15) is 0 Å². The summed E-state index contributed by atoms with van der Waals surface area (Å²) in [7, 11) is 0. The minimum atomic E-state index is -0.437. The van der Waals surface area contributed by atoms with Crippen molar-refractivity contribution in [2.45, 2.75) is 80.6 Å². The Morgan fingerprint density at radius 3 is 1.67 bits per heavy atom. The standard InChI is InChI=1S/C16H24BrN3O2.C9H18N2O2.C7H6BrNO.CH4/c1-12-14(17)6-5-13(18-12)11-19-7-9-20(10-8-19)15(21)22-16(2,3)4;1-9(2,3)13-8(12)11-6-4-10-5-7-11;1-5-7(8)3-2-6(4-10)9-5;/h5-6H,7-11H2,1-4H3;10H,4-7H2,1-3H3;2-4H,1H3;1H4. The molecular formula is C33H52Br2N6O5. The number of rotatable bonds is 3. The van der Waals surface area contributed by atoms with Crippen molar-refractivity contribution in [3.63, 3.8) is 0 Å². The highest BCUT2D eigenvalue weighted by Crippen LogP contribution is 2.17. The first kappa shape index (κ1) is 41.4. The number of hydrogen-bond acceptors (Lipinski definition) is 9. The van der Waals surface area contributed by atoms with Crippen LogP contribution in [0.1, 0.15) is 76.5 Å². The normalized spacial score (nSPS) is 15.3. The predicted molar refractivity (Wildman–Crippen MR) is 189 cm³/mol. The maximum absolute atomic E-state index is 12.0. The molecule has 2 aromatic heterocycles. The van der Waals surface area contributed by atoms with Crippen molar-refractivity contribution in [2.24, 2.45) is 0 Å². The van der Waals surface area contributed by atoms with Crippen molar-refractivity contribution in [3.8, 4) is 0 Å². The number of carbonyl (C=O) groups excluding carboxylic acids is 3. The van der Waals surface area contributed by atoms with Crippen molar-refractivity contribution in [2.75, 3.05) is 52.4 Å². The van der Waals surface area contributed by atoms with Gasteiger partial charge >= 0.3 is 12.2 Å². The monoisotopic (exact) mass is 770 g/mol. The summed E-state index contributed by atoms with van der Waals surface area (Å²) in [6.45, 7) is 22.3. The van der Waals surface area contributed by atoms with Crippen LogP contribution in [0, 0.1) is 13.8 Å². The molecular weight excluding hydrogens is 720 g/mol. The number of piperazine rings is 2. The minimum Gasteiger partial charge on any atom is -0.444 e. The summed E-state index contributed by atoms with van der Waals surface area (Å²) in [5.74, 6) is 0. The molecule has 4 rings (SSSR count). The van der Waals surface area contributed by atoms with Crippen LogP contribution in [0.4, 0.5) is 9.59 Å². The molecule has 2 fully saturated rings. The van der Waals surface area contributed by atoms with Crippen molar-refractivity contribution in [3.05, 3.63) is 56.0 Å². The predicted octanol–water partition coefficient (Wildman–Crippen LogP) is 6.63. The number of hydrogen-bond donors (Lipinski definition) is 1. The molecule has 0 saturated carbocycles. The Hall–Kier alpha value is -2.61. The molecule has 0 aromatic carbocycles. The maximum atomic E-state index is 12.0. The Morgan fingerprint density at radius 2 is 1.24 bits per heavy atom. The van der Waals surface area contributed by atoms with E-state index in [9.17, 15) is 14.4 Å². The van der Waals surface area contributed by atoms with Gasteiger partial charge < -0.3 is 24.6 Å². The summed E-state index contributed by atoms with van der Waals surface area (Å²) < 4.78 is 12.6. The highest BCUT2D eigenvalue weighted by Gasteiger charge is 2.26. The molecule has 1 N–H and O–H groups in total. The quantitative estimate of drug-likeness (QED) is 0.343. The van der Waals surface area contributed by atoms with Gasteiger partial charge in [0, 0.05) is 67.8 Å². The van der Waals surface area contributed by atoms with Crippen LogP contribution in [0.15, 0.2) is 33.2 Å². The third-order valence-corrected chi connectivity index (χ3v) is 8.10. The number of amides is 2. The van der Waals surface area contributed by atoms with Gasteiger partial charge in [-0.15, -0.1) is 0 Å². The fourth-order valence-corrected chi connectivity index (χ4v) is 4.57. The number of nitrogens with one attached hydrogen (secondary N) is 1. The first-order valence-electron chi connectivity index (χ1n) is 15.1. The molecule has 0 spiro atoms. The lowest BCUT2D eigenvalue weighted by Crippen LogP contribution is -2.49. The van der Waals surface area contributed by atoms with E-state index in [0.717, 1.165) is 78.1 Å². The van der Waals surface area contributed by atoms with E-state index in [1.807, 2.05) is 73.6 Å². The lowest BCUT2D eigenvalue weighted by molar-refractivity contribution is 0.0137. The van der Waals surface area contributed by atoms with E-state index in [4.69, 9.17) is 9.47 Å². The highest BCUT2D eigenvalue weighted by molar-refractivity contribution is 9.10. The van der Waals surface area contributed by atoms with E-state index in [-0.39, 0.29) is 25.2 Å². The zero-order valence-electron chi connectivity index (χ0n) is 27.8. The van der Waals surface area contributed by atoms with Crippen molar-refractivity contribution >= 4 is 50.3 Å². The van der Waals surface area contributed by atoms with Crippen LogP contribution in [0.3, 0.4) is 0 Å². The fraction of sp³-hybridized carbons (Fsp3) is 0.606. The fourth-order valence-electron chi connectivity index (χ4n) is 4.13. The SMILES string of the molecule is C.CC(C)(C)OC(=O)N1CCNCC1.Cc1nc(C=O)ccc1Br.Cc1nc(CN2CCN(C(=O)OC(C)(C)C)CC2)ccc1Br. The summed E-state index contributed by atoms with van der Waals surface area (Å²) in [4.78, 5) is 48.1. The largest absolute Gasteiger partial charge is 0.444 e. The van der Waals surface area contributed by atoms with Crippen LogP contribution < -0.4 is 5.32 Å². The zero-order chi connectivity index (χ0) is 33.8. The molecule has 2 aliphatic rings. The Labute approximate surface area is 292 Å². The number of nitrogens with zero attached hydrogens (tertiary/aromatic N) is 5. The second-order valence-electron chi connectivity index (χ2n) is 12.8. The highest BCUT2D eigenvalue weighted by atomic mass is 79.9. The average molecular weight is 773 g/mol. The van der Waals surface area contributed by atoms with Crippen molar-refractivity contribution in [1.82, 2.24) is 30.0 Å². The van der Waals surface area contributed by atoms with Crippen molar-refractivity contribution < 1.29 is 23.9 Å². The molecule has 0 atom stereocenters. The second-order valence-corrected chi connectivity index (χ2v) is 14.5. The van der Waals surface area contributed by atoms with Crippen LogP contribution in [-0.2, 0) is 16.0 Å². The Morgan fingerprint density at radius 1 is 0.783 bits per heavy atom. The summed E-state index contributed by atoms with van der Waals surface area (Å²) in [5.41, 5.74) is 2.55. The molecule has 0 bridgehead atoms. The number of aldehydes is 1. The first-order valence-corrected chi connectivity index (χ1v) is 16.7. The van der Waals surface area contributed by atoms with Crippen LogP contribution in [0.5, 0.6) is 0 Å². The zero-order valence-corrected chi connectivity index (χ0v) is 31.0. The molecule has 2 amide bonds. The Balaban J connectivity index is 0.000000375. The second kappa shape index (κ2) is 19.3.